The van der Waals surface area contributed by atoms with Crippen LogP contribution in [0.15, 0.2) is 24.3 Å². The highest BCUT2D eigenvalue weighted by molar-refractivity contribution is 5.25. The molecule has 1 heterocycles. The third-order valence-electron chi connectivity index (χ3n) is 3.79. The highest BCUT2D eigenvalue weighted by atomic mass is 16.5. The molecule has 0 aliphatic carbocycles. The number of nitrogens with one attached hydrogen (secondary N) is 1. The molecule has 0 amide bonds. The molecule has 1 N–H and O–H groups in total. The summed E-state index contributed by atoms with van der Waals surface area (Å²) in [5.41, 5.74) is 2.82. The SMILES string of the molecule is CCCc1ccc(C(CC2CCCO2)NC)cc1. The largest absolute Gasteiger partial charge is 0.378 e. The van der Waals surface area contributed by atoms with Gasteiger partial charge in [-0.2, -0.15) is 0 Å². The summed E-state index contributed by atoms with van der Waals surface area (Å²) in [6, 6.07) is 9.48. The Balaban J connectivity index is 1.97. The Labute approximate surface area is 111 Å². The normalized spacial score (nSPS) is 21.1. The molecule has 0 bridgehead atoms. The number of hydrogen-bond donors (Lipinski definition) is 1. The maximum absolute atomic E-state index is 5.73. The van der Waals surface area contributed by atoms with Gasteiger partial charge in [-0.15, -0.1) is 0 Å². The Bertz CT molecular complexity index is 341. The fourth-order valence-corrected chi connectivity index (χ4v) is 2.72. The minimum atomic E-state index is 0.420. The number of benzene rings is 1. The molecule has 2 heteroatoms. The minimum Gasteiger partial charge on any atom is -0.378 e. The van der Waals surface area contributed by atoms with E-state index in [2.05, 4.69) is 36.5 Å². The van der Waals surface area contributed by atoms with Crippen LogP contribution < -0.4 is 5.32 Å². The Kier molecular flexibility index (Phi) is 5.21. The second kappa shape index (κ2) is 6.91. The van der Waals surface area contributed by atoms with Crippen molar-refractivity contribution in [3.8, 4) is 0 Å². The van der Waals surface area contributed by atoms with Crippen molar-refractivity contribution in [1.29, 1.82) is 0 Å². The summed E-state index contributed by atoms with van der Waals surface area (Å²) in [6.07, 6.45) is 6.35. The van der Waals surface area contributed by atoms with Crippen molar-refractivity contribution in [1.82, 2.24) is 5.32 Å². The van der Waals surface area contributed by atoms with E-state index in [0.29, 0.717) is 12.1 Å². The van der Waals surface area contributed by atoms with Crippen LogP contribution in [0.4, 0.5) is 0 Å². The van der Waals surface area contributed by atoms with Crippen LogP contribution in [0.25, 0.3) is 0 Å². The van der Waals surface area contributed by atoms with E-state index in [1.54, 1.807) is 0 Å². The van der Waals surface area contributed by atoms with E-state index in [1.165, 1.54) is 36.8 Å². The fourth-order valence-electron chi connectivity index (χ4n) is 2.72. The van der Waals surface area contributed by atoms with Crippen LogP contribution in [-0.2, 0) is 11.2 Å². The molecule has 2 nitrogen and oxygen atoms in total. The van der Waals surface area contributed by atoms with Crippen LogP contribution in [0.2, 0.25) is 0 Å². The predicted molar refractivity (Wildman–Crippen MR) is 75.8 cm³/mol. The number of ether oxygens (including phenoxy) is 1. The van der Waals surface area contributed by atoms with Crippen molar-refractivity contribution in [2.24, 2.45) is 0 Å². The van der Waals surface area contributed by atoms with E-state index in [4.69, 9.17) is 4.74 Å². The molecule has 0 spiro atoms. The van der Waals surface area contributed by atoms with Crippen molar-refractivity contribution in [3.05, 3.63) is 35.4 Å². The van der Waals surface area contributed by atoms with Crippen LogP contribution in [0.3, 0.4) is 0 Å². The molecule has 1 aromatic rings. The van der Waals surface area contributed by atoms with Gasteiger partial charge in [0.15, 0.2) is 0 Å². The summed E-state index contributed by atoms with van der Waals surface area (Å²) in [5.74, 6) is 0. The predicted octanol–water partition coefficient (Wildman–Crippen LogP) is 3.47. The molecule has 18 heavy (non-hydrogen) atoms. The minimum absolute atomic E-state index is 0.420. The Hall–Kier alpha value is -0.860. The van der Waals surface area contributed by atoms with Crippen molar-refractivity contribution < 1.29 is 4.74 Å². The average molecular weight is 247 g/mol. The van der Waals surface area contributed by atoms with Crippen LogP contribution in [0.5, 0.6) is 0 Å². The third kappa shape index (κ3) is 3.56. The lowest BCUT2D eigenvalue weighted by Crippen LogP contribution is -2.22. The lowest BCUT2D eigenvalue weighted by Gasteiger charge is -2.20. The van der Waals surface area contributed by atoms with Crippen LogP contribution >= 0.6 is 0 Å². The molecule has 0 aromatic heterocycles. The monoisotopic (exact) mass is 247 g/mol. The van der Waals surface area contributed by atoms with Crippen LogP contribution in [0.1, 0.15) is 49.8 Å². The molecular formula is C16H25NO. The molecular weight excluding hydrogens is 222 g/mol. The molecule has 0 saturated carbocycles. The Morgan fingerprint density at radius 1 is 1.33 bits per heavy atom. The second-order valence-corrected chi connectivity index (χ2v) is 5.20. The zero-order valence-corrected chi connectivity index (χ0v) is 11.6. The highest BCUT2D eigenvalue weighted by Gasteiger charge is 2.20. The van der Waals surface area contributed by atoms with E-state index < -0.39 is 0 Å². The topological polar surface area (TPSA) is 21.3 Å². The fraction of sp³-hybridized carbons (Fsp3) is 0.625. The molecule has 2 rings (SSSR count). The Morgan fingerprint density at radius 3 is 2.67 bits per heavy atom. The molecule has 1 saturated heterocycles. The highest BCUT2D eigenvalue weighted by Crippen LogP contribution is 2.25. The van der Waals surface area contributed by atoms with E-state index in [0.717, 1.165) is 13.0 Å². The van der Waals surface area contributed by atoms with Gasteiger partial charge in [-0.1, -0.05) is 37.6 Å². The molecule has 1 aliphatic heterocycles. The molecule has 0 radical (unpaired) electrons. The first-order valence-electron chi connectivity index (χ1n) is 7.21. The van der Waals surface area contributed by atoms with Gasteiger partial charge in [0.25, 0.3) is 0 Å². The van der Waals surface area contributed by atoms with Gasteiger partial charge in [-0.3, -0.25) is 0 Å². The summed E-state index contributed by atoms with van der Waals surface area (Å²) < 4.78 is 5.73. The van der Waals surface area contributed by atoms with E-state index in [1.807, 2.05) is 7.05 Å². The van der Waals surface area contributed by atoms with Crippen LogP contribution in [0, 0.1) is 0 Å². The molecule has 1 fully saturated rings. The van der Waals surface area contributed by atoms with Gasteiger partial charge in [0.2, 0.25) is 0 Å². The summed E-state index contributed by atoms with van der Waals surface area (Å²) in [5, 5.41) is 3.42. The van der Waals surface area contributed by atoms with Gasteiger partial charge in [0.1, 0.15) is 0 Å². The van der Waals surface area contributed by atoms with E-state index in [-0.39, 0.29) is 0 Å². The van der Waals surface area contributed by atoms with Gasteiger partial charge in [0.05, 0.1) is 6.10 Å². The quantitative estimate of drug-likeness (QED) is 0.831. The van der Waals surface area contributed by atoms with Gasteiger partial charge in [-0.25, -0.2) is 0 Å². The average Bonchev–Trinajstić information content (AvgIpc) is 2.90. The number of hydrogen-bond acceptors (Lipinski definition) is 2. The second-order valence-electron chi connectivity index (χ2n) is 5.20. The van der Waals surface area contributed by atoms with Gasteiger partial charge in [0, 0.05) is 12.6 Å². The molecule has 1 aliphatic rings. The lowest BCUT2D eigenvalue weighted by atomic mass is 9.97. The molecule has 1 aromatic carbocycles. The lowest BCUT2D eigenvalue weighted by molar-refractivity contribution is 0.0954. The first kappa shape index (κ1) is 13.6. The van der Waals surface area contributed by atoms with E-state index in [9.17, 15) is 0 Å². The van der Waals surface area contributed by atoms with Crippen LogP contribution in [-0.4, -0.2) is 19.8 Å². The third-order valence-corrected chi connectivity index (χ3v) is 3.79. The first-order chi connectivity index (χ1) is 8.83. The van der Waals surface area contributed by atoms with Gasteiger partial charge >= 0.3 is 0 Å². The number of aryl methyl sites for hydroxylation is 1. The van der Waals surface area contributed by atoms with Gasteiger partial charge < -0.3 is 10.1 Å². The summed E-state index contributed by atoms with van der Waals surface area (Å²) >= 11 is 0. The molecule has 2 atom stereocenters. The summed E-state index contributed by atoms with van der Waals surface area (Å²) in [4.78, 5) is 0. The summed E-state index contributed by atoms with van der Waals surface area (Å²) in [6.45, 7) is 3.16. The smallest absolute Gasteiger partial charge is 0.0594 e. The van der Waals surface area contributed by atoms with Crippen molar-refractivity contribution >= 4 is 0 Å². The Morgan fingerprint density at radius 2 is 2.11 bits per heavy atom. The first-order valence-corrected chi connectivity index (χ1v) is 7.21. The molecule has 100 valence electrons. The van der Waals surface area contributed by atoms with Gasteiger partial charge in [-0.05, 0) is 43.9 Å². The maximum Gasteiger partial charge on any atom is 0.0594 e. The zero-order valence-electron chi connectivity index (χ0n) is 11.6. The molecule has 2 unspecified atom stereocenters. The van der Waals surface area contributed by atoms with Crippen molar-refractivity contribution in [3.63, 3.8) is 0 Å². The summed E-state index contributed by atoms with van der Waals surface area (Å²) in [7, 11) is 2.04. The standard InChI is InChI=1S/C16H25NO/c1-3-5-13-7-9-14(10-8-13)16(17-2)12-15-6-4-11-18-15/h7-10,15-17H,3-6,11-12H2,1-2H3. The maximum atomic E-state index is 5.73. The van der Waals surface area contributed by atoms with Crippen molar-refractivity contribution in [2.75, 3.05) is 13.7 Å². The van der Waals surface area contributed by atoms with E-state index >= 15 is 0 Å². The number of rotatable bonds is 6. The zero-order chi connectivity index (χ0) is 12.8. The van der Waals surface area contributed by atoms with Crippen molar-refractivity contribution in [2.45, 2.75) is 51.2 Å².